The fourth-order valence-electron chi connectivity index (χ4n) is 0. The smallest absolute Gasteiger partial charge is 0.377 e. The van der Waals surface area contributed by atoms with E-state index in [0.29, 0.717) is 0 Å². The third-order valence-electron chi connectivity index (χ3n) is 0.0527. The molecule has 0 bridgehead atoms. The Morgan fingerprint density at radius 1 is 1.80 bits per heavy atom. The average molecular weight is 123 g/mol. The number of nitrogens with two attached hydrogens (primary N) is 1. The van der Waals surface area contributed by atoms with E-state index in [1.807, 2.05) is 5.01 Å². The molecule has 0 fully saturated rings. The van der Waals surface area contributed by atoms with E-state index < -0.39 is 0 Å². The summed E-state index contributed by atoms with van der Waals surface area (Å²) in [6.45, 7) is 0. The Morgan fingerprint density at radius 3 is 2.00 bits per heavy atom. The second-order valence-electron chi connectivity index (χ2n) is 0.220. The van der Waals surface area contributed by atoms with E-state index in [4.69, 9.17) is 5.21 Å². The van der Waals surface area contributed by atoms with E-state index in [1.54, 1.807) is 0 Å². The molecule has 0 amide bonds. The standard InChI is InChI=1S/CH2N2O.Zn/c2-1-3-4;/h2H2;. The molecule has 0 aromatic rings. The van der Waals surface area contributed by atoms with Crippen LogP contribution >= 0.6 is 0 Å². The fourth-order valence-corrected chi connectivity index (χ4v) is 0. The van der Waals surface area contributed by atoms with Gasteiger partial charge < -0.3 is 5.21 Å². The van der Waals surface area contributed by atoms with Gasteiger partial charge in [0.15, 0.2) is 0 Å². The topological polar surface area (TPSA) is 53.4 Å². The average Bonchev–Trinajstić information content (AvgIpc) is 1.37. The largest absolute Gasteiger partial charge is 0.611 e. The number of rotatable bonds is 0. The molecule has 0 aromatic heterocycles. The molecule has 0 aliphatic carbocycles. The van der Waals surface area contributed by atoms with Gasteiger partial charge in [0.05, 0.1) is 0 Å². The minimum Gasteiger partial charge on any atom is -0.611 e. The van der Waals surface area contributed by atoms with E-state index in [0.717, 1.165) is 0 Å². The van der Waals surface area contributed by atoms with Crippen LogP contribution in [-0.2, 0) is 19.5 Å². The molecule has 0 atom stereocenters. The van der Waals surface area contributed by atoms with Gasteiger partial charge in [-0.05, 0) is 0 Å². The van der Waals surface area contributed by atoms with Crippen molar-refractivity contribution in [1.82, 2.24) is 0 Å². The minimum atomic E-state index is 0. The summed E-state index contributed by atoms with van der Waals surface area (Å²) < 4.78 is 0. The zero-order valence-electron chi connectivity index (χ0n) is 2.64. The first-order valence-corrected chi connectivity index (χ1v) is 0.695. The van der Waals surface area contributed by atoms with Crippen molar-refractivity contribution in [3.8, 4) is 6.19 Å². The van der Waals surface area contributed by atoms with Gasteiger partial charge in [0.2, 0.25) is 0 Å². The Bertz CT molecular complexity index is 46.4. The monoisotopic (exact) mass is 122 g/mol. The van der Waals surface area contributed by atoms with Crippen LogP contribution in [0.2, 0.25) is 0 Å². The second kappa shape index (κ2) is 9.31. The quantitative estimate of drug-likeness (QED) is 0.209. The van der Waals surface area contributed by atoms with E-state index in [-0.39, 0.29) is 19.5 Å². The molecule has 0 saturated heterocycles. The molecule has 0 aliphatic heterocycles. The summed E-state index contributed by atoms with van der Waals surface area (Å²) in [5.41, 5.74) is 4.30. The normalized spacial score (nSPS) is 2.40. The molecule has 0 rings (SSSR count). The Kier molecular flexibility index (Phi) is 16.4. The van der Waals surface area contributed by atoms with Gasteiger partial charge in [0.1, 0.15) is 0 Å². The van der Waals surface area contributed by atoms with Crippen LogP contribution in [-0.4, -0.2) is 0 Å². The zero-order chi connectivity index (χ0) is 3.41. The molecule has 24 valence electrons. The predicted molar refractivity (Wildman–Crippen MR) is 14.8 cm³/mol. The molecule has 3 nitrogen and oxygen atoms in total. The van der Waals surface area contributed by atoms with Gasteiger partial charge in [0, 0.05) is 19.5 Å². The van der Waals surface area contributed by atoms with Crippen LogP contribution in [0.5, 0.6) is 0 Å². The van der Waals surface area contributed by atoms with Crippen LogP contribution in [0.1, 0.15) is 0 Å². The molecule has 0 spiro atoms. The fraction of sp³-hybridized carbons (Fsp3) is 0. The van der Waals surface area contributed by atoms with Crippen molar-refractivity contribution >= 4 is 0 Å². The second-order valence-corrected chi connectivity index (χ2v) is 0.220. The van der Waals surface area contributed by atoms with Crippen molar-refractivity contribution in [3.63, 3.8) is 0 Å². The summed E-state index contributed by atoms with van der Waals surface area (Å²) in [6.07, 6.45) is 1.50. The third kappa shape index (κ3) is 21.4. The molecule has 2 N–H and O–H groups in total. The van der Waals surface area contributed by atoms with Crippen molar-refractivity contribution in [3.05, 3.63) is 10.2 Å². The first-order valence-electron chi connectivity index (χ1n) is 0.695. The van der Waals surface area contributed by atoms with Crippen LogP contribution in [0.25, 0.3) is 5.01 Å². The van der Waals surface area contributed by atoms with Crippen LogP contribution in [0, 0.1) is 11.4 Å². The summed E-state index contributed by atoms with van der Waals surface area (Å²) in [7, 11) is 0. The van der Waals surface area contributed by atoms with Crippen LogP contribution in [0.4, 0.5) is 0 Å². The third-order valence-corrected chi connectivity index (χ3v) is 0.0527. The van der Waals surface area contributed by atoms with E-state index in [2.05, 4.69) is 5.73 Å². The first-order chi connectivity index (χ1) is 1.91. The molecule has 0 aliphatic rings. The Morgan fingerprint density at radius 2 is 2.00 bits per heavy atom. The van der Waals surface area contributed by atoms with E-state index in [1.165, 1.54) is 6.19 Å². The maximum Gasteiger partial charge on any atom is 0.377 e. The van der Waals surface area contributed by atoms with Crippen molar-refractivity contribution in [2.24, 2.45) is 5.73 Å². The van der Waals surface area contributed by atoms with E-state index >= 15 is 0 Å². The van der Waals surface area contributed by atoms with Crippen molar-refractivity contribution < 1.29 is 19.5 Å². The van der Waals surface area contributed by atoms with Crippen LogP contribution < -0.4 is 5.73 Å². The van der Waals surface area contributed by atoms with Gasteiger partial charge >= 0.3 is 6.19 Å². The molecule has 4 heteroatoms. The summed E-state index contributed by atoms with van der Waals surface area (Å²) in [6, 6.07) is 0. The molecule has 0 saturated carbocycles. The number of hydrogen-bond donors (Lipinski definition) is 1. The molecule has 5 heavy (non-hydrogen) atoms. The van der Waals surface area contributed by atoms with Crippen molar-refractivity contribution in [2.45, 2.75) is 0 Å². The first kappa shape index (κ1) is 8.83. The van der Waals surface area contributed by atoms with E-state index in [9.17, 15) is 0 Å². The number of hydrogen-bond acceptors (Lipinski definition) is 2. The Balaban J connectivity index is 0. The van der Waals surface area contributed by atoms with Gasteiger partial charge in [0.25, 0.3) is 0 Å². The number of nitrogens with zero attached hydrogens (tertiary/aromatic N) is 1. The predicted octanol–water partition coefficient (Wildman–Crippen LogP) is -0.269. The molecule has 0 aromatic carbocycles. The SMILES string of the molecule is NC#[N+][O-].[Zn]. The molecule has 0 heterocycles. The zero-order valence-corrected chi connectivity index (χ0v) is 5.61. The van der Waals surface area contributed by atoms with Crippen LogP contribution in [0.3, 0.4) is 0 Å². The van der Waals surface area contributed by atoms with Gasteiger partial charge in [-0.25, -0.2) is 5.73 Å². The van der Waals surface area contributed by atoms with Gasteiger partial charge in [-0.15, -0.1) is 0 Å². The summed E-state index contributed by atoms with van der Waals surface area (Å²) in [5.74, 6) is 0. The maximum absolute atomic E-state index is 8.69. The van der Waals surface area contributed by atoms with Gasteiger partial charge in [-0.2, -0.15) is 5.01 Å². The summed E-state index contributed by atoms with van der Waals surface area (Å²) >= 11 is 0. The van der Waals surface area contributed by atoms with Crippen molar-refractivity contribution in [2.75, 3.05) is 0 Å². The molecule has 0 unspecified atom stereocenters. The maximum atomic E-state index is 8.69. The Hall–Kier alpha value is -0.287. The van der Waals surface area contributed by atoms with Crippen LogP contribution in [0.15, 0.2) is 0 Å². The molecular weight excluding hydrogens is 121 g/mol. The van der Waals surface area contributed by atoms with Gasteiger partial charge in [-0.1, -0.05) is 0 Å². The summed E-state index contributed by atoms with van der Waals surface area (Å²) in [5, 5.41) is 10.7. The van der Waals surface area contributed by atoms with Crippen molar-refractivity contribution in [1.29, 1.82) is 0 Å². The van der Waals surface area contributed by atoms with Gasteiger partial charge in [-0.3, -0.25) is 0 Å². The minimum absolute atomic E-state index is 0. The summed E-state index contributed by atoms with van der Waals surface area (Å²) in [4.78, 5) is 0. The molecule has 0 radical (unpaired) electrons. The Labute approximate surface area is 42.3 Å². The molecular formula is CH2N2OZn.